The summed E-state index contributed by atoms with van der Waals surface area (Å²) in [6, 6.07) is 3.58. The van der Waals surface area contributed by atoms with Gasteiger partial charge in [-0.05, 0) is 31.6 Å². The summed E-state index contributed by atoms with van der Waals surface area (Å²) in [7, 11) is 1.60. The number of hydrogen-bond acceptors (Lipinski definition) is 7. The Hall–Kier alpha value is -2.23. The normalized spacial score (nSPS) is 13.2. The summed E-state index contributed by atoms with van der Waals surface area (Å²) in [5, 5.41) is 9.57. The fourth-order valence-corrected chi connectivity index (χ4v) is 5.00. The molecule has 0 spiro atoms. The van der Waals surface area contributed by atoms with Gasteiger partial charge in [-0.15, -0.1) is 10.2 Å². The molecular formula is C20H25ClN6O2S. The second kappa shape index (κ2) is 8.87. The van der Waals surface area contributed by atoms with E-state index in [1.807, 2.05) is 4.57 Å². The highest BCUT2D eigenvalue weighted by Crippen LogP contribution is 2.39. The molecule has 1 aliphatic heterocycles. The number of ether oxygens (including phenoxy) is 1. The Bertz CT molecular complexity index is 1060. The van der Waals surface area contributed by atoms with Crippen molar-refractivity contribution in [1.29, 1.82) is 0 Å². The number of hydrogen-bond donors (Lipinski definition) is 0. The number of methoxy groups -OCH3 is 1. The van der Waals surface area contributed by atoms with Gasteiger partial charge in [0.1, 0.15) is 17.1 Å². The van der Waals surface area contributed by atoms with Crippen LogP contribution in [0.25, 0.3) is 10.2 Å². The maximum absolute atomic E-state index is 13.6. The Labute approximate surface area is 184 Å². The van der Waals surface area contributed by atoms with Crippen LogP contribution < -0.4 is 9.64 Å². The first-order valence-electron chi connectivity index (χ1n) is 10.2. The zero-order valence-electron chi connectivity index (χ0n) is 17.4. The van der Waals surface area contributed by atoms with Gasteiger partial charge in [0.2, 0.25) is 5.82 Å². The molecule has 0 fully saturated rings. The molecule has 0 atom stereocenters. The van der Waals surface area contributed by atoms with Crippen LogP contribution in [0.3, 0.4) is 0 Å². The molecule has 0 aliphatic carbocycles. The molecule has 1 amide bonds. The van der Waals surface area contributed by atoms with Crippen molar-refractivity contribution in [1.82, 2.24) is 24.6 Å². The van der Waals surface area contributed by atoms with E-state index in [-0.39, 0.29) is 5.91 Å². The predicted octanol–water partition coefficient (Wildman–Crippen LogP) is 3.48. The van der Waals surface area contributed by atoms with Gasteiger partial charge in [-0.3, -0.25) is 9.69 Å². The first kappa shape index (κ1) is 21.0. The summed E-state index contributed by atoms with van der Waals surface area (Å²) < 4.78 is 8.18. The van der Waals surface area contributed by atoms with Gasteiger partial charge in [0.25, 0.3) is 5.91 Å². The Kier molecular flexibility index (Phi) is 6.21. The van der Waals surface area contributed by atoms with Gasteiger partial charge in [-0.1, -0.05) is 36.8 Å². The lowest BCUT2D eigenvalue weighted by Gasteiger charge is -2.24. The summed E-state index contributed by atoms with van der Waals surface area (Å²) >= 11 is 7.80. The average Bonchev–Trinajstić information content (AvgIpc) is 3.47. The molecule has 0 unspecified atom stereocenters. The molecule has 0 saturated carbocycles. The van der Waals surface area contributed by atoms with Crippen LogP contribution in [-0.2, 0) is 13.0 Å². The molecule has 3 aromatic rings. The molecule has 0 saturated heterocycles. The van der Waals surface area contributed by atoms with Gasteiger partial charge >= 0.3 is 0 Å². The standard InChI is InChI=1S/C20H25ClN6O2S/c1-4-25(5-2)11-12-27(19(28)18-24-23-15-7-6-10-26(15)18)20-22-16-14(29-3)9-8-13(21)17(16)30-20/h8-9H,4-7,10-12H2,1-3H3. The van der Waals surface area contributed by atoms with Crippen LogP contribution in [0.1, 0.15) is 36.7 Å². The molecule has 8 nitrogen and oxygen atoms in total. The van der Waals surface area contributed by atoms with Crippen molar-refractivity contribution in [3.05, 3.63) is 28.8 Å². The van der Waals surface area contributed by atoms with E-state index in [1.165, 1.54) is 11.3 Å². The number of likely N-dealkylation sites (N-methyl/N-ethyl adjacent to an activating group) is 1. The molecule has 4 rings (SSSR count). The number of fused-ring (bicyclic) bond motifs is 2. The van der Waals surface area contributed by atoms with E-state index in [9.17, 15) is 4.79 Å². The highest BCUT2D eigenvalue weighted by molar-refractivity contribution is 7.23. The van der Waals surface area contributed by atoms with Gasteiger partial charge < -0.3 is 14.2 Å². The van der Waals surface area contributed by atoms with Crippen LogP contribution in [0.5, 0.6) is 5.75 Å². The highest BCUT2D eigenvalue weighted by atomic mass is 35.5. The Morgan fingerprint density at radius 3 is 2.80 bits per heavy atom. The van der Waals surface area contributed by atoms with Crippen molar-refractivity contribution in [3.8, 4) is 5.75 Å². The minimum Gasteiger partial charge on any atom is -0.494 e. The molecule has 0 radical (unpaired) electrons. The molecule has 160 valence electrons. The van der Waals surface area contributed by atoms with E-state index in [1.54, 1.807) is 24.1 Å². The van der Waals surface area contributed by atoms with Crippen LogP contribution in [-0.4, -0.2) is 63.8 Å². The number of aryl methyl sites for hydroxylation is 1. The largest absolute Gasteiger partial charge is 0.494 e. The summed E-state index contributed by atoms with van der Waals surface area (Å²) in [4.78, 5) is 22.3. The maximum atomic E-state index is 13.6. The van der Waals surface area contributed by atoms with E-state index in [2.05, 4.69) is 28.9 Å². The Balaban J connectivity index is 1.74. The molecule has 2 aromatic heterocycles. The van der Waals surface area contributed by atoms with Crippen LogP contribution in [0.4, 0.5) is 5.13 Å². The zero-order chi connectivity index (χ0) is 21.3. The maximum Gasteiger partial charge on any atom is 0.298 e. The molecule has 0 bridgehead atoms. The number of nitrogens with zero attached hydrogens (tertiary/aromatic N) is 6. The number of halogens is 1. The van der Waals surface area contributed by atoms with Crippen LogP contribution >= 0.6 is 22.9 Å². The van der Waals surface area contributed by atoms with E-state index in [4.69, 9.17) is 21.3 Å². The highest BCUT2D eigenvalue weighted by Gasteiger charge is 2.29. The van der Waals surface area contributed by atoms with E-state index in [0.29, 0.717) is 33.8 Å². The second-order valence-corrected chi connectivity index (χ2v) is 8.49. The number of carbonyl (C=O) groups is 1. The van der Waals surface area contributed by atoms with Gasteiger partial charge in [-0.2, -0.15) is 0 Å². The van der Waals surface area contributed by atoms with E-state index < -0.39 is 0 Å². The fraction of sp³-hybridized carbons (Fsp3) is 0.500. The van der Waals surface area contributed by atoms with Crippen molar-refractivity contribution < 1.29 is 9.53 Å². The molecule has 30 heavy (non-hydrogen) atoms. The lowest BCUT2D eigenvalue weighted by atomic mass is 10.3. The van der Waals surface area contributed by atoms with Gasteiger partial charge in [0.15, 0.2) is 5.13 Å². The summed E-state index contributed by atoms with van der Waals surface area (Å²) in [5.41, 5.74) is 0.664. The third-order valence-electron chi connectivity index (χ3n) is 5.48. The first-order chi connectivity index (χ1) is 14.6. The minimum atomic E-state index is -0.183. The van der Waals surface area contributed by atoms with Crippen molar-refractivity contribution in [2.75, 3.05) is 38.2 Å². The summed E-state index contributed by atoms with van der Waals surface area (Å²) in [6.45, 7) is 8.07. The number of aromatic nitrogens is 4. The number of rotatable bonds is 8. The molecular weight excluding hydrogens is 424 g/mol. The number of carbonyl (C=O) groups excluding carboxylic acids is 1. The van der Waals surface area contributed by atoms with E-state index >= 15 is 0 Å². The van der Waals surface area contributed by atoms with E-state index in [0.717, 1.165) is 49.5 Å². The monoisotopic (exact) mass is 448 g/mol. The van der Waals surface area contributed by atoms with Gasteiger partial charge in [-0.25, -0.2) is 4.98 Å². The topological polar surface area (TPSA) is 76.4 Å². The lowest BCUT2D eigenvalue weighted by molar-refractivity contribution is 0.0969. The average molecular weight is 449 g/mol. The van der Waals surface area contributed by atoms with Crippen molar-refractivity contribution >= 4 is 44.2 Å². The quantitative estimate of drug-likeness (QED) is 0.525. The summed E-state index contributed by atoms with van der Waals surface area (Å²) in [6.07, 6.45) is 1.84. The molecule has 10 heteroatoms. The Morgan fingerprint density at radius 2 is 2.07 bits per heavy atom. The van der Waals surface area contributed by atoms with Crippen molar-refractivity contribution in [2.24, 2.45) is 0 Å². The molecule has 1 aliphatic rings. The predicted molar refractivity (Wildman–Crippen MR) is 119 cm³/mol. The number of benzene rings is 1. The van der Waals surface area contributed by atoms with Gasteiger partial charge in [0, 0.05) is 26.1 Å². The Morgan fingerprint density at radius 1 is 1.27 bits per heavy atom. The second-order valence-electron chi connectivity index (χ2n) is 7.10. The lowest BCUT2D eigenvalue weighted by Crippen LogP contribution is -2.40. The summed E-state index contributed by atoms with van der Waals surface area (Å²) in [5.74, 6) is 1.70. The van der Waals surface area contributed by atoms with Crippen LogP contribution in [0, 0.1) is 0 Å². The number of thiazole rings is 1. The third-order valence-corrected chi connectivity index (χ3v) is 7.02. The number of amides is 1. The molecule has 1 aromatic carbocycles. The SMILES string of the molecule is CCN(CC)CCN(C(=O)c1nnc2n1CCC2)c1nc2c(OC)ccc(Cl)c2s1. The van der Waals surface area contributed by atoms with Gasteiger partial charge in [0.05, 0.1) is 16.8 Å². The fourth-order valence-electron chi connectivity index (χ4n) is 3.72. The van der Waals surface area contributed by atoms with Crippen LogP contribution in [0.15, 0.2) is 12.1 Å². The van der Waals surface area contributed by atoms with Crippen molar-refractivity contribution in [2.45, 2.75) is 33.2 Å². The van der Waals surface area contributed by atoms with Crippen molar-refractivity contribution in [3.63, 3.8) is 0 Å². The first-order valence-corrected chi connectivity index (χ1v) is 11.4. The zero-order valence-corrected chi connectivity index (χ0v) is 19.0. The third kappa shape index (κ3) is 3.77. The molecule has 0 N–H and O–H groups in total. The molecule has 3 heterocycles. The van der Waals surface area contributed by atoms with Crippen LogP contribution in [0.2, 0.25) is 5.02 Å². The number of anilines is 1. The smallest absolute Gasteiger partial charge is 0.298 e. The minimum absolute atomic E-state index is 0.183.